The first-order chi connectivity index (χ1) is 9.26. The number of aliphatic imine (C=N–C) groups is 1. The number of guanidine groups is 1. The van der Waals surface area contributed by atoms with Crippen LogP contribution in [0.5, 0.6) is 0 Å². The molecule has 0 aromatic heterocycles. The number of methoxy groups -OCH3 is 1. The summed E-state index contributed by atoms with van der Waals surface area (Å²) in [4.78, 5) is 4.17. The molecule has 2 N–H and O–H groups in total. The molecule has 1 aliphatic carbocycles. The van der Waals surface area contributed by atoms with E-state index in [1.807, 2.05) is 0 Å². The molecule has 4 nitrogen and oxygen atoms in total. The van der Waals surface area contributed by atoms with Crippen LogP contribution in [0.15, 0.2) is 4.99 Å². The summed E-state index contributed by atoms with van der Waals surface area (Å²) in [5, 5.41) is 6.52. The first-order valence-electron chi connectivity index (χ1n) is 7.26. The van der Waals surface area contributed by atoms with Crippen molar-refractivity contribution in [3.05, 3.63) is 0 Å². The van der Waals surface area contributed by atoms with Crippen LogP contribution in [0, 0.1) is 5.41 Å². The maximum Gasteiger partial charge on any atom is 0.190 e. The van der Waals surface area contributed by atoms with Gasteiger partial charge in [0.2, 0.25) is 0 Å². The number of halogens is 2. The van der Waals surface area contributed by atoms with E-state index in [0.717, 1.165) is 25.5 Å². The first-order valence-corrected chi connectivity index (χ1v) is 7.26. The van der Waals surface area contributed by atoms with E-state index < -0.39 is 0 Å². The van der Waals surface area contributed by atoms with Crippen molar-refractivity contribution in [3.63, 3.8) is 0 Å². The third kappa shape index (κ3) is 7.06. The Bertz CT molecular complexity index is 271. The highest BCUT2D eigenvalue weighted by Gasteiger charge is 2.33. The summed E-state index contributed by atoms with van der Waals surface area (Å²) >= 11 is 0. The molecule has 0 aromatic carbocycles. The molecule has 0 heterocycles. The zero-order valence-electron chi connectivity index (χ0n) is 12.7. The highest BCUT2D eigenvalue weighted by Crippen LogP contribution is 2.40. The normalized spacial score (nSPS) is 17.6. The van der Waals surface area contributed by atoms with E-state index in [0.29, 0.717) is 18.4 Å². The van der Waals surface area contributed by atoms with E-state index in [2.05, 4.69) is 15.6 Å². The molecule has 0 amide bonds. The van der Waals surface area contributed by atoms with Crippen molar-refractivity contribution in [2.75, 3.05) is 40.5 Å². The van der Waals surface area contributed by atoms with E-state index in [9.17, 15) is 4.39 Å². The summed E-state index contributed by atoms with van der Waals surface area (Å²) in [5.41, 5.74) is 0.341. The predicted molar refractivity (Wildman–Crippen MR) is 92.8 cm³/mol. The fraction of sp³-hybridized carbons (Fsp3) is 0.929. The van der Waals surface area contributed by atoms with Gasteiger partial charge in [0.25, 0.3) is 0 Å². The summed E-state index contributed by atoms with van der Waals surface area (Å²) in [6, 6.07) is 0. The molecule has 0 aliphatic heterocycles. The van der Waals surface area contributed by atoms with Gasteiger partial charge in [-0.15, -0.1) is 24.0 Å². The lowest BCUT2D eigenvalue weighted by molar-refractivity contribution is 0.138. The quantitative estimate of drug-likeness (QED) is 0.285. The van der Waals surface area contributed by atoms with Gasteiger partial charge in [0.1, 0.15) is 0 Å². The molecule has 0 radical (unpaired) electrons. The van der Waals surface area contributed by atoms with E-state index in [1.165, 1.54) is 25.7 Å². The number of nitrogens with zero attached hydrogens (tertiary/aromatic N) is 1. The number of alkyl halides is 1. The molecule has 120 valence electrons. The SMILES string of the molecule is CN=C(NCCCF)NCC1(CCOC)CCCC1.I. The second-order valence-corrected chi connectivity index (χ2v) is 5.34. The van der Waals surface area contributed by atoms with Gasteiger partial charge in [-0.3, -0.25) is 9.38 Å². The lowest BCUT2D eigenvalue weighted by atomic mass is 9.83. The maximum atomic E-state index is 12.1. The minimum Gasteiger partial charge on any atom is -0.385 e. The lowest BCUT2D eigenvalue weighted by Gasteiger charge is -2.29. The van der Waals surface area contributed by atoms with Crippen LogP contribution in [0.2, 0.25) is 0 Å². The van der Waals surface area contributed by atoms with Crippen molar-refractivity contribution >= 4 is 29.9 Å². The van der Waals surface area contributed by atoms with Gasteiger partial charge in [0.05, 0.1) is 6.67 Å². The summed E-state index contributed by atoms with van der Waals surface area (Å²) in [6.07, 6.45) is 6.74. The summed E-state index contributed by atoms with van der Waals surface area (Å²) in [6.45, 7) is 2.07. The standard InChI is InChI=1S/C14H28FN3O.HI/c1-16-13(17-10-5-9-15)18-12-14(8-11-19-2)6-3-4-7-14;/h3-12H2,1-2H3,(H2,16,17,18);1H. The van der Waals surface area contributed by atoms with Gasteiger partial charge < -0.3 is 15.4 Å². The Morgan fingerprint density at radius 3 is 2.55 bits per heavy atom. The molecule has 1 rings (SSSR count). The molecule has 6 heteroatoms. The van der Waals surface area contributed by atoms with Crippen LogP contribution in [-0.4, -0.2) is 46.5 Å². The zero-order chi connectivity index (χ0) is 14.0. The average molecular weight is 401 g/mol. The summed E-state index contributed by atoms with van der Waals surface area (Å²) in [7, 11) is 3.51. The minimum absolute atomic E-state index is 0. The van der Waals surface area contributed by atoms with Crippen LogP contribution >= 0.6 is 24.0 Å². The van der Waals surface area contributed by atoms with Crippen LogP contribution in [0.25, 0.3) is 0 Å². The third-order valence-corrected chi connectivity index (χ3v) is 3.96. The van der Waals surface area contributed by atoms with Crippen LogP contribution in [0.3, 0.4) is 0 Å². The largest absolute Gasteiger partial charge is 0.385 e. The number of hydrogen-bond donors (Lipinski definition) is 2. The second-order valence-electron chi connectivity index (χ2n) is 5.34. The van der Waals surface area contributed by atoms with E-state index in [-0.39, 0.29) is 30.7 Å². The fourth-order valence-electron chi connectivity index (χ4n) is 2.72. The lowest BCUT2D eigenvalue weighted by Crippen LogP contribution is -2.43. The molecule has 1 aliphatic rings. The molecule has 0 bridgehead atoms. The predicted octanol–water partition coefficient (Wildman–Crippen LogP) is 2.73. The zero-order valence-corrected chi connectivity index (χ0v) is 15.0. The highest BCUT2D eigenvalue weighted by atomic mass is 127. The molecule has 1 saturated carbocycles. The number of nitrogens with one attached hydrogen (secondary N) is 2. The monoisotopic (exact) mass is 401 g/mol. The Balaban J connectivity index is 0.00000361. The van der Waals surface area contributed by atoms with E-state index >= 15 is 0 Å². The third-order valence-electron chi connectivity index (χ3n) is 3.96. The topological polar surface area (TPSA) is 45.7 Å². The Morgan fingerprint density at radius 1 is 1.30 bits per heavy atom. The van der Waals surface area contributed by atoms with Crippen LogP contribution in [0.4, 0.5) is 4.39 Å². The van der Waals surface area contributed by atoms with E-state index in [1.54, 1.807) is 14.2 Å². The second kappa shape index (κ2) is 11.5. The van der Waals surface area contributed by atoms with Crippen molar-refractivity contribution in [2.45, 2.75) is 38.5 Å². The molecule has 0 spiro atoms. The van der Waals surface area contributed by atoms with E-state index in [4.69, 9.17) is 4.74 Å². The van der Waals surface area contributed by atoms with Gasteiger partial charge in [-0.25, -0.2) is 0 Å². The smallest absolute Gasteiger partial charge is 0.190 e. The van der Waals surface area contributed by atoms with Gasteiger partial charge in [-0.1, -0.05) is 12.8 Å². The van der Waals surface area contributed by atoms with Crippen LogP contribution < -0.4 is 10.6 Å². The first kappa shape index (κ1) is 19.9. The average Bonchev–Trinajstić information content (AvgIpc) is 2.90. The Morgan fingerprint density at radius 2 is 2.00 bits per heavy atom. The maximum absolute atomic E-state index is 12.1. The van der Waals surface area contributed by atoms with Gasteiger partial charge in [0, 0.05) is 33.9 Å². The van der Waals surface area contributed by atoms with Gasteiger partial charge in [-0.2, -0.15) is 0 Å². The molecule has 0 atom stereocenters. The minimum atomic E-state index is -0.290. The number of ether oxygens (including phenoxy) is 1. The molecular weight excluding hydrogens is 372 g/mol. The molecular formula is C14H29FIN3O. The highest BCUT2D eigenvalue weighted by molar-refractivity contribution is 14.0. The number of hydrogen-bond acceptors (Lipinski definition) is 2. The number of rotatable bonds is 8. The fourth-order valence-corrected chi connectivity index (χ4v) is 2.72. The Kier molecular flexibility index (Phi) is 11.5. The van der Waals surface area contributed by atoms with Crippen molar-refractivity contribution < 1.29 is 9.13 Å². The van der Waals surface area contributed by atoms with Crippen LogP contribution in [-0.2, 0) is 4.74 Å². The van der Waals surface area contributed by atoms with Crippen molar-refractivity contribution in [1.29, 1.82) is 0 Å². The Hall–Kier alpha value is -0.110. The Labute approximate surface area is 139 Å². The van der Waals surface area contributed by atoms with Crippen LogP contribution in [0.1, 0.15) is 38.5 Å². The molecule has 0 unspecified atom stereocenters. The van der Waals surface area contributed by atoms with Crippen molar-refractivity contribution in [2.24, 2.45) is 10.4 Å². The molecule has 0 saturated heterocycles. The molecule has 1 fully saturated rings. The summed E-state index contributed by atoms with van der Waals surface area (Å²) in [5.74, 6) is 0.775. The van der Waals surface area contributed by atoms with Gasteiger partial charge in [-0.05, 0) is 31.1 Å². The summed E-state index contributed by atoms with van der Waals surface area (Å²) < 4.78 is 17.3. The van der Waals surface area contributed by atoms with Gasteiger partial charge >= 0.3 is 0 Å². The van der Waals surface area contributed by atoms with Gasteiger partial charge in [0.15, 0.2) is 5.96 Å². The van der Waals surface area contributed by atoms with Crippen molar-refractivity contribution in [3.8, 4) is 0 Å². The molecule has 0 aromatic rings. The van der Waals surface area contributed by atoms with Crippen molar-refractivity contribution in [1.82, 2.24) is 10.6 Å². The molecule has 20 heavy (non-hydrogen) atoms.